The maximum Gasteiger partial charge on any atom is 0.317 e. The molecule has 0 aliphatic carbocycles. The Bertz CT molecular complexity index is 484. The molecule has 3 N–H and O–H groups in total. The standard InChI is InChI=1S/C15H22N4O2/c1-12(13-5-3-2-4-6-13)17-15(21)19-9-7-18(8-10-19)11-14(16)20/h2-6,12H,7-11H2,1H3,(H2,16,20)(H,17,21)/t12-/m1/s1. The third-order valence-electron chi connectivity index (χ3n) is 3.68. The smallest absolute Gasteiger partial charge is 0.317 e. The van der Waals surface area contributed by atoms with Crippen LogP contribution in [0.2, 0.25) is 0 Å². The Morgan fingerprint density at radius 2 is 1.81 bits per heavy atom. The molecule has 0 saturated carbocycles. The first-order valence-corrected chi connectivity index (χ1v) is 7.17. The number of piperazine rings is 1. The summed E-state index contributed by atoms with van der Waals surface area (Å²) in [5.41, 5.74) is 6.26. The van der Waals surface area contributed by atoms with Gasteiger partial charge in [-0.1, -0.05) is 30.3 Å². The van der Waals surface area contributed by atoms with Crippen LogP contribution in [0.1, 0.15) is 18.5 Å². The first kappa shape index (κ1) is 15.3. The molecule has 0 radical (unpaired) electrons. The van der Waals surface area contributed by atoms with Crippen molar-refractivity contribution in [1.82, 2.24) is 15.1 Å². The fourth-order valence-corrected chi connectivity index (χ4v) is 2.43. The topological polar surface area (TPSA) is 78.7 Å². The highest BCUT2D eigenvalue weighted by atomic mass is 16.2. The van der Waals surface area contributed by atoms with E-state index in [0.717, 1.165) is 5.56 Å². The Hall–Kier alpha value is -2.08. The van der Waals surface area contributed by atoms with Crippen molar-refractivity contribution >= 4 is 11.9 Å². The van der Waals surface area contributed by atoms with Gasteiger partial charge in [-0.3, -0.25) is 9.69 Å². The molecule has 0 aromatic heterocycles. The normalized spacial score (nSPS) is 17.3. The minimum Gasteiger partial charge on any atom is -0.369 e. The van der Waals surface area contributed by atoms with E-state index in [1.807, 2.05) is 42.2 Å². The Labute approximate surface area is 124 Å². The van der Waals surface area contributed by atoms with Crippen molar-refractivity contribution in [2.24, 2.45) is 5.73 Å². The Morgan fingerprint density at radius 1 is 1.19 bits per heavy atom. The molecule has 1 aromatic carbocycles. The van der Waals surface area contributed by atoms with Crippen LogP contribution in [-0.4, -0.2) is 54.5 Å². The number of hydrogen-bond donors (Lipinski definition) is 2. The third kappa shape index (κ3) is 4.46. The van der Waals surface area contributed by atoms with Gasteiger partial charge in [-0.25, -0.2) is 4.79 Å². The van der Waals surface area contributed by atoms with Crippen LogP contribution in [0.25, 0.3) is 0 Å². The van der Waals surface area contributed by atoms with Crippen LogP contribution in [0, 0.1) is 0 Å². The maximum absolute atomic E-state index is 12.2. The molecule has 114 valence electrons. The average molecular weight is 290 g/mol. The maximum atomic E-state index is 12.2. The highest BCUT2D eigenvalue weighted by Crippen LogP contribution is 2.12. The van der Waals surface area contributed by atoms with E-state index in [2.05, 4.69) is 5.32 Å². The molecule has 6 nitrogen and oxygen atoms in total. The van der Waals surface area contributed by atoms with E-state index in [0.29, 0.717) is 26.2 Å². The zero-order valence-electron chi connectivity index (χ0n) is 12.3. The number of nitrogens with two attached hydrogens (primary N) is 1. The summed E-state index contributed by atoms with van der Waals surface area (Å²) >= 11 is 0. The van der Waals surface area contributed by atoms with Gasteiger partial charge >= 0.3 is 6.03 Å². The van der Waals surface area contributed by atoms with E-state index in [4.69, 9.17) is 5.73 Å². The van der Waals surface area contributed by atoms with E-state index < -0.39 is 0 Å². The molecular weight excluding hydrogens is 268 g/mol. The summed E-state index contributed by atoms with van der Waals surface area (Å²) in [4.78, 5) is 26.8. The summed E-state index contributed by atoms with van der Waals surface area (Å²) in [6.45, 7) is 4.81. The van der Waals surface area contributed by atoms with E-state index in [1.54, 1.807) is 4.90 Å². The molecule has 21 heavy (non-hydrogen) atoms. The monoisotopic (exact) mass is 290 g/mol. The third-order valence-corrected chi connectivity index (χ3v) is 3.68. The van der Waals surface area contributed by atoms with Crippen molar-refractivity contribution < 1.29 is 9.59 Å². The fraction of sp³-hybridized carbons (Fsp3) is 0.467. The summed E-state index contributed by atoms with van der Waals surface area (Å²) in [5, 5.41) is 3.00. The zero-order valence-corrected chi connectivity index (χ0v) is 12.3. The number of benzene rings is 1. The van der Waals surface area contributed by atoms with Crippen LogP contribution in [-0.2, 0) is 4.79 Å². The second-order valence-electron chi connectivity index (χ2n) is 5.31. The fourth-order valence-electron chi connectivity index (χ4n) is 2.43. The van der Waals surface area contributed by atoms with Crippen molar-refractivity contribution in [2.75, 3.05) is 32.7 Å². The summed E-state index contributed by atoms with van der Waals surface area (Å²) in [7, 11) is 0. The van der Waals surface area contributed by atoms with E-state index in [1.165, 1.54) is 0 Å². The summed E-state index contributed by atoms with van der Waals surface area (Å²) in [5.74, 6) is -0.328. The van der Waals surface area contributed by atoms with Crippen molar-refractivity contribution in [3.63, 3.8) is 0 Å². The number of nitrogens with one attached hydrogen (secondary N) is 1. The molecule has 0 spiro atoms. The van der Waals surface area contributed by atoms with E-state index in [-0.39, 0.29) is 24.5 Å². The molecule has 1 aliphatic rings. The Kier molecular flexibility index (Phi) is 5.16. The number of carbonyl (C=O) groups is 2. The van der Waals surface area contributed by atoms with Gasteiger partial charge in [-0.15, -0.1) is 0 Å². The average Bonchev–Trinajstić information content (AvgIpc) is 2.48. The highest BCUT2D eigenvalue weighted by Gasteiger charge is 2.22. The Balaban J connectivity index is 1.81. The predicted octanol–water partition coefficient (Wildman–Crippen LogP) is 0.560. The number of rotatable bonds is 4. The van der Waals surface area contributed by atoms with E-state index in [9.17, 15) is 9.59 Å². The lowest BCUT2D eigenvalue weighted by Crippen LogP contribution is -2.53. The minimum absolute atomic E-state index is 0.0256. The van der Waals surface area contributed by atoms with Gasteiger partial charge in [-0.2, -0.15) is 0 Å². The lowest BCUT2D eigenvalue weighted by molar-refractivity contribution is -0.119. The van der Waals surface area contributed by atoms with Crippen molar-refractivity contribution in [3.8, 4) is 0 Å². The van der Waals surface area contributed by atoms with Crippen molar-refractivity contribution in [1.29, 1.82) is 0 Å². The number of primary amides is 1. The van der Waals surface area contributed by atoms with Crippen LogP contribution in [0.15, 0.2) is 30.3 Å². The van der Waals surface area contributed by atoms with Crippen molar-refractivity contribution in [2.45, 2.75) is 13.0 Å². The second kappa shape index (κ2) is 7.08. The molecule has 2 rings (SSSR count). The number of carbonyl (C=O) groups excluding carboxylic acids is 2. The molecule has 1 saturated heterocycles. The van der Waals surface area contributed by atoms with Gasteiger partial charge in [0, 0.05) is 26.2 Å². The van der Waals surface area contributed by atoms with Crippen molar-refractivity contribution in [3.05, 3.63) is 35.9 Å². The number of hydrogen-bond acceptors (Lipinski definition) is 3. The summed E-state index contributed by atoms with van der Waals surface area (Å²) in [6, 6.07) is 9.77. The molecule has 0 bridgehead atoms. The van der Waals surface area contributed by atoms with Gasteiger partial charge in [0.2, 0.25) is 5.91 Å². The van der Waals surface area contributed by atoms with Gasteiger partial charge in [0.1, 0.15) is 0 Å². The number of amides is 3. The molecule has 1 fully saturated rings. The van der Waals surface area contributed by atoms with Gasteiger partial charge in [0.25, 0.3) is 0 Å². The van der Waals surface area contributed by atoms with Gasteiger partial charge in [-0.05, 0) is 12.5 Å². The number of urea groups is 1. The molecule has 0 unspecified atom stereocenters. The molecule has 6 heteroatoms. The molecular formula is C15H22N4O2. The summed E-state index contributed by atoms with van der Waals surface area (Å²) in [6.07, 6.45) is 0. The summed E-state index contributed by atoms with van der Waals surface area (Å²) < 4.78 is 0. The molecule has 1 atom stereocenters. The largest absolute Gasteiger partial charge is 0.369 e. The first-order valence-electron chi connectivity index (χ1n) is 7.17. The number of nitrogens with zero attached hydrogens (tertiary/aromatic N) is 2. The Morgan fingerprint density at radius 3 is 2.38 bits per heavy atom. The van der Waals surface area contributed by atoms with Crippen LogP contribution in [0.4, 0.5) is 4.79 Å². The first-order chi connectivity index (χ1) is 10.1. The lowest BCUT2D eigenvalue weighted by Gasteiger charge is -2.34. The second-order valence-corrected chi connectivity index (χ2v) is 5.31. The highest BCUT2D eigenvalue weighted by molar-refractivity contribution is 5.76. The van der Waals surface area contributed by atoms with Crippen LogP contribution in [0.3, 0.4) is 0 Å². The molecule has 1 aromatic rings. The quantitative estimate of drug-likeness (QED) is 0.850. The van der Waals surface area contributed by atoms with E-state index >= 15 is 0 Å². The van der Waals surface area contributed by atoms with Crippen LogP contribution in [0.5, 0.6) is 0 Å². The zero-order chi connectivity index (χ0) is 15.2. The molecule has 1 heterocycles. The minimum atomic E-state index is -0.328. The van der Waals surface area contributed by atoms with Gasteiger partial charge in [0.05, 0.1) is 12.6 Å². The lowest BCUT2D eigenvalue weighted by atomic mass is 10.1. The molecule has 1 aliphatic heterocycles. The van der Waals surface area contributed by atoms with Crippen LogP contribution >= 0.6 is 0 Å². The molecule has 3 amide bonds. The predicted molar refractivity (Wildman–Crippen MR) is 80.6 cm³/mol. The van der Waals surface area contributed by atoms with Crippen LogP contribution < -0.4 is 11.1 Å². The SMILES string of the molecule is C[C@@H](NC(=O)N1CCN(CC(N)=O)CC1)c1ccccc1. The van der Waals surface area contributed by atoms with Gasteiger partial charge < -0.3 is 16.0 Å². The van der Waals surface area contributed by atoms with Gasteiger partial charge in [0.15, 0.2) is 0 Å².